The molecule has 0 aliphatic carbocycles. The van der Waals surface area contributed by atoms with Gasteiger partial charge in [0.05, 0.1) is 29.2 Å². The molecular weight excluding hydrogens is 541 g/mol. The number of carbonyl (C=O) groups is 2. The zero-order valence-electron chi connectivity index (χ0n) is 20.8. The third-order valence-corrected chi connectivity index (χ3v) is 8.86. The maximum Gasteiger partial charge on any atom is 0.265 e. The summed E-state index contributed by atoms with van der Waals surface area (Å²) in [5.41, 5.74) is 0.686. The van der Waals surface area contributed by atoms with Gasteiger partial charge in [0.2, 0.25) is 11.8 Å². The Morgan fingerprint density at radius 2 is 1.70 bits per heavy atom. The Balaban J connectivity index is 1.80. The summed E-state index contributed by atoms with van der Waals surface area (Å²) in [6.45, 7) is 3.56. The van der Waals surface area contributed by atoms with Crippen LogP contribution in [0.1, 0.15) is 25.8 Å². The van der Waals surface area contributed by atoms with Gasteiger partial charge in [0.25, 0.3) is 10.0 Å². The number of fused-ring (bicyclic) bond motifs is 1. The van der Waals surface area contributed by atoms with Crippen LogP contribution in [0.3, 0.4) is 0 Å². The second-order valence-corrected chi connectivity index (χ2v) is 11.6. The highest BCUT2D eigenvalue weighted by Crippen LogP contribution is 2.36. The molecule has 1 fully saturated rings. The van der Waals surface area contributed by atoms with E-state index in [-0.39, 0.29) is 53.7 Å². The number of sulfonamides is 1. The average molecular weight is 568 g/mol. The largest absolute Gasteiger partial charge is 0.493 e. The Hall–Kier alpha value is -2.95. The van der Waals surface area contributed by atoms with Gasteiger partial charge in [-0.15, -0.1) is 0 Å². The van der Waals surface area contributed by atoms with Gasteiger partial charge in [0.15, 0.2) is 11.5 Å². The van der Waals surface area contributed by atoms with E-state index in [2.05, 4.69) is 0 Å². The van der Waals surface area contributed by atoms with E-state index < -0.39 is 16.1 Å². The summed E-state index contributed by atoms with van der Waals surface area (Å²) < 4.78 is 39.4. The topological polar surface area (TPSA) is 96.5 Å². The third-order valence-electron chi connectivity index (χ3n) is 6.32. The lowest BCUT2D eigenvalue weighted by Crippen LogP contribution is -2.61. The van der Waals surface area contributed by atoms with E-state index in [1.807, 2.05) is 13.8 Å². The van der Waals surface area contributed by atoms with Gasteiger partial charge in [0.1, 0.15) is 11.9 Å². The highest BCUT2D eigenvalue weighted by atomic mass is 35.5. The Labute approximate surface area is 226 Å². The van der Waals surface area contributed by atoms with Crippen molar-refractivity contribution < 1.29 is 27.5 Å². The van der Waals surface area contributed by atoms with Crippen LogP contribution in [0.15, 0.2) is 53.3 Å². The number of hydrogen-bond acceptors (Lipinski definition) is 6. The smallest absolute Gasteiger partial charge is 0.265 e. The molecule has 2 aromatic rings. The molecule has 0 N–H and O–H groups in total. The van der Waals surface area contributed by atoms with E-state index in [1.165, 1.54) is 52.7 Å². The molecule has 4 rings (SSSR count). The van der Waals surface area contributed by atoms with Crippen LogP contribution in [0.2, 0.25) is 10.0 Å². The van der Waals surface area contributed by atoms with Gasteiger partial charge in [-0.2, -0.15) is 0 Å². The lowest BCUT2D eigenvalue weighted by atomic mass is 10.00. The lowest BCUT2D eigenvalue weighted by molar-refractivity contribution is -0.148. The number of methoxy groups -OCH3 is 2. The SMILES string of the molecule is COc1ccc(S(=O)(=O)N2CCC(=O)N3C2=CN(C(C)C)C(=O)C3Cc2ccc(Cl)c(Cl)c2)cc1OC. The van der Waals surface area contributed by atoms with Gasteiger partial charge in [-0.1, -0.05) is 29.3 Å². The quantitative estimate of drug-likeness (QED) is 0.503. The van der Waals surface area contributed by atoms with Gasteiger partial charge in [-0.3, -0.25) is 14.5 Å². The normalized spacial score (nSPS) is 18.2. The standard InChI is InChI=1S/C25H27Cl2N3O6S/c1-15(2)28-14-23-29(37(33,34)17-6-8-21(35-3)22(13-17)36-4)10-9-24(31)30(23)20(25(28)32)12-16-5-7-18(26)19(27)11-16/h5-8,11,13-15,20H,9-10,12H2,1-4H3. The number of ether oxygens (including phenoxy) is 2. The summed E-state index contributed by atoms with van der Waals surface area (Å²) in [5.74, 6) is 0.0921. The van der Waals surface area contributed by atoms with Crippen LogP contribution in [-0.2, 0) is 26.0 Å². The number of carbonyl (C=O) groups excluding carboxylic acids is 2. The maximum absolute atomic E-state index is 13.8. The Bertz CT molecular complexity index is 1380. The first-order chi connectivity index (χ1) is 17.5. The van der Waals surface area contributed by atoms with Crippen molar-refractivity contribution in [2.45, 2.75) is 43.7 Å². The molecule has 12 heteroatoms. The first-order valence-corrected chi connectivity index (χ1v) is 13.7. The van der Waals surface area contributed by atoms with Crippen LogP contribution < -0.4 is 9.47 Å². The molecule has 2 heterocycles. The van der Waals surface area contributed by atoms with Crippen molar-refractivity contribution in [1.82, 2.24) is 14.1 Å². The third kappa shape index (κ3) is 4.97. The number of nitrogens with zero attached hydrogens (tertiary/aromatic N) is 3. The molecule has 0 radical (unpaired) electrons. The monoisotopic (exact) mass is 567 g/mol. The average Bonchev–Trinajstić information content (AvgIpc) is 2.86. The summed E-state index contributed by atoms with van der Waals surface area (Å²) in [5, 5.41) is 0.688. The molecule has 2 aromatic carbocycles. The van der Waals surface area contributed by atoms with Crippen LogP contribution in [-0.4, -0.2) is 67.2 Å². The Morgan fingerprint density at radius 3 is 2.32 bits per heavy atom. The molecule has 0 saturated carbocycles. The molecule has 2 aliphatic rings. The molecular formula is C25H27Cl2N3O6S. The predicted molar refractivity (Wildman–Crippen MR) is 139 cm³/mol. The van der Waals surface area contributed by atoms with Crippen LogP contribution in [0.5, 0.6) is 11.5 Å². The van der Waals surface area contributed by atoms with E-state index in [9.17, 15) is 18.0 Å². The van der Waals surface area contributed by atoms with Crippen LogP contribution in [0.25, 0.3) is 0 Å². The maximum atomic E-state index is 13.8. The van der Waals surface area contributed by atoms with Gasteiger partial charge < -0.3 is 14.4 Å². The summed E-state index contributed by atoms with van der Waals surface area (Å²) in [6.07, 6.45) is 1.48. The molecule has 2 amide bonds. The van der Waals surface area contributed by atoms with Gasteiger partial charge >= 0.3 is 0 Å². The molecule has 2 aliphatic heterocycles. The fourth-order valence-electron chi connectivity index (χ4n) is 4.43. The summed E-state index contributed by atoms with van der Waals surface area (Å²) in [4.78, 5) is 29.4. The fourth-order valence-corrected chi connectivity index (χ4v) is 6.21. The van der Waals surface area contributed by atoms with Crippen LogP contribution in [0, 0.1) is 0 Å². The van der Waals surface area contributed by atoms with Crippen molar-refractivity contribution >= 4 is 45.0 Å². The van der Waals surface area contributed by atoms with Crippen molar-refractivity contribution in [2.75, 3.05) is 20.8 Å². The molecule has 1 unspecified atom stereocenters. The number of benzene rings is 2. The first-order valence-electron chi connectivity index (χ1n) is 11.5. The molecule has 198 valence electrons. The van der Waals surface area contributed by atoms with E-state index >= 15 is 0 Å². The molecule has 1 saturated heterocycles. The summed E-state index contributed by atoms with van der Waals surface area (Å²) in [6, 6.07) is 8.04. The first kappa shape index (κ1) is 27.1. The molecule has 0 spiro atoms. The highest BCUT2D eigenvalue weighted by molar-refractivity contribution is 7.89. The fraction of sp³-hybridized carbons (Fsp3) is 0.360. The Kier molecular flexibility index (Phi) is 7.64. The van der Waals surface area contributed by atoms with E-state index in [1.54, 1.807) is 18.2 Å². The van der Waals surface area contributed by atoms with Crippen LogP contribution in [0.4, 0.5) is 0 Å². The van der Waals surface area contributed by atoms with E-state index in [4.69, 9.17) is 32.7 Å². The molecule has 37 heavy (non-hydrogen) atoms. The second-order valence-electron chi connectivity index (χ2n) is 8.90. The minimum absolute atomic E-state index is 0.0330. The van der Waals surface area contributed by atoms with Gasteiger partial charge in [-0.05, 0) is 43.7 Å². The Morgan fingerprint density at radius 1 is 1.00 bits per heavy atom. The molecule has 9 nitrogen and oxygen atoms in total. The zero-order valence-corrected chi connectivity index (χ0v) is 23.1. The van der Waals surface area contributed by atoms with E-state index in [0.29, 0.717) is 21.4 Å². The summed E-state index contributed by atoms with van der Waals surface area (Å²) >= 11 is 12.2. The number of halogens is 2. The number of rotatable bonds is 7. The summed E-state index contributed by atoms with van der Waals surface area (Å²) in [7, 11) is -1.26. The minimum atomic E-state index is -4.13. The van der Waals surface area contributed by atoms with E-state index in [0.717, 1.165) is 0 Å². The number of amides is 2. The van der Waals surface area contributed by atoms with Gasteiger partial charge in [-0.25, -0.2) is 12.7 Å². The van der Waals surface area contributed by atoms with Gasteiger partial charge in [0, 0.05) is 37.7 Å². The van der Waals surface area contributed by atoms with Crippen molar-refractivity contribution in [2.24, 2.45) is 0 Å². The van der Waals surface area contributed by atoms with Crippen LogP contribution >= 0.6 is 23.2 Å². The van der Waals surface area contributed by atoms with Crippen molar-refractivity contribution in [3.05, 3.63) is 64.0 Å². The second kappa shape index (κ2) is 10.4. The van der Waals surface area contributed by atoms with Crippen molar-refractivity contribution in [3.63, 3.8) is 0 Å². The predicted octanol–water partition coefficient (Wildman–Crippen LogP) is 3.89. The van der Waals surface area contributed by atoms with Crippen molar-refractivity contribution in [1.29, 1.82) is 0 Å². The van der Waals surface area contributed by atoms with Crippen molar-refractivity contribution in [3.8, 4) is 11.5 Å². The molecule has 1 atom stereocenters. The lowest BCUT2D eigenvalue weighted by Gasteiger charge is -2.46. The highest BCUT2D eigenvalue weighted by Gasteiger charge is 2.46. The molecule has 0 aromatic heterocycles. The zero-order chi connectivity index (χ0) is 27.1. The number of hydrogen-bond donors (Lipinski definition) is 0. The minimum Gasteiger partial charge on any atom is -0.493 e. The molecule has 0 bridgehead atoms.